The van der Waals surface area contributed by atoms with Crippen molar-refractivity contribution in [3.05, 3.63) is 76.8 Å². The Kier molecular flexibility index (Phi) is 3.90. The van der Waals surface area contributed by atoms with E-state index >= 15 is 0 Å². The molecule has 1 N–H and O–H groups in total. The third kappa shape index (κ3) is 2.91. The summed E-state index contributed by atoms with van der Waals surface area (Å²) < 4.78 is 16.0. The van der Waals surface area contributed by atoms with Gasteiger partial charge in [0.25, 0.3) is 0 Å². The van der Waals surface area contributed by atoms with Crippen molar-refractivity contribution in [2.24, 2.45) is 0 Å². The van der Waals surface area contributed by atoms with Crippen molar-refractivity contribution in [2.75, 3.05) is 0 Å². The van der Waals surface area contributed by atoms with Crippen LogP contribution in [0.25, 0.3) is 16.8 Å². The summed E-state index contributed by atoms with van der Waals surface area (Å²) in [6.07, 6.45) is 3.84. The molecule has 3 aromatic rings. The summed E-state index contributed by atoms with van der Waals surface area (Å²) in [5, 5.41) is 9.54. The fourth-order valence-corrected chi connectivity index (χ4v) is 2.54. The zero-order valence-electron chi connectivity index (χ0n) is 11.1. The lowest BCUT2D eigenvalue weighted by molar-refractivity contribution is 0.282. The molecule has 1 aromatic heterocycles. The van der Waals surface area contributed by atoms with Gasteiger partial charge in [0, 0.05) is 33.7 Å². The number of benzene rings is 2. The van der Waals surface area contributed by atoms with E-state index in [4.69, 9.17) is 0 Å². The van der Waals surface area contributed by atoms with E-state index in [9.17, 15) is 9.50 Å². The van der Waals surface area contributed by atoms with Crippen LogP contribution in [-0.2, 0) is 6.61 Å². The molecular formula is C17H13BrFNO. The second kappa shape index (κ2) is 5.84. The Labute approximate surface area is 130 Å². The molecule has 0 amide bonds. The fourth-order valence-electron chi connectivity index (χ4n) is 2.27. The largest absolute Gasteiger partial charge is 0.392 e. The average molecular weight is 346 g/mol. The Morgan fingerprint density at radius 2 is 1.62 bits per heavy atom. The van der Waals surface area contributed by atoms with Gasteiger partial charge in [-0.25, -0.2) is 4.39 Å². The van der Waals surface area contributed by atoms with Gasteiger partial charge in [0.1, 0.15) is 5.82 Å². The van der Waals surface area contributed by atoms with Gasteiger partial charge in [0.05, 0.1) is 6.61 Å². The Hall–Kier alpha value is -1.91. The molecule has 2 nitrogen and oxygen atoms in total. The number of aliphatic hydroxyl groups excluding tert-OH is 1. The molecule has 0 spiro atoms. The van der Waals surface area contributed by atoms with Crippen LogP contribution >= 0.6 is 15.9 Å². The van der Waals surface area contributed by atoms with Crippen LogP contribution in [0.3, 0.4) is 0 Å². The third-order valence-electron chi connectivity index (χ3n) is 3.36. The van der Waals surface area contributed by atoms with Crippen LogP contribution in [0.4, 0.5) is 4.39 Å². The minimum atomic E-state index is -0.267. The molecule has 0 unspecified atom stereocenters. The van der Waals surface area contributed by atoms with E-state index < -0.39 is 0 Å². The second-order valence-electron chi connectivity index (χ2n) is 4.75. The second-order valence-corrected chi connectivity index (χ2v) is 5.66. The molecule has 2 aromatic carbocycles. The Morgan fingerprint density at radius 1 is 0.952 bits per heavy atom. The van der Waals surface area contributed by atoms with Gasteiger partial charge in [0.2, 0.25) is 0 Å². The molecule has 0 aliphatic rings. The maximum atomic E-state index is 13.0. The number of hydrogen-bond donors (Lipinski definition) is 1. The number of aromatic nitrogens is 1. The van der Waals surface area contributed by atoms with Gasteiger partial charge in [-0.3, -0.25) is 0 Å². The molecule has 0 aliphatic heterocycles. The molecule has 1 heterocycles. The maximum absolute atomic E-state index is 13.0. The molecule has 0 atom stereocenters. The normalized spacial score (nSPS) is 10.8. The molecule has 21 heavy (non-hydrogen) atoms. The molecule has 106 valence electrons. The minimum absolute atomic E-state index is 0.0593. The lowest BCUT2D eigenvalue weighted by atomic mass is 10.1. The van der Waals surface area contributed by atoms with Gasteiger partial charge in [-0.05, 0) is 42.0 Å². The number of aliphatic hydroxyl groups is 1. The lowest BCUT2D eigenvalue weighted by Crippen LogP contribution is -1.88. The summed E-state index contributed by atoms with van der Waals surface area (Å²) in [7, 11) is 0. The van der Waals surface area contributed by atoms with Crippen LogP contribution in [0.1, 0.15) is 5.56 Å². The summed E-state index contributed by atoms with van der Waals surface area (Å²) >= 11 is 3.41. The van der Waals surface area contributed by atoms with E-state index in [1.807, 2.05) is 41.2 Å². The molecular weight excluding hydrogens is 333 g/mol. The molecule has 0 aliphatic carbocycles. The summed E-state index contributed by atoms with van der Waals surface area (Å²) in [5.74, 6) is -0.267. The van der Waals surface area contributed by atoms with Gasteiger partial charge < -0.3 is 9.67 Å². The van der Waals surface area contributed by atoms with Gasteiger partial charge in [0.15, 0.2) is 0 Å². The first kappa shape index (κ1) is 14.0. The molecule has 0 saturated carbocycles. The van der Waals surface area contributed by atoms with Crippen molar-refractivity contribution in [1.82, 2.24) is 4.57 Å². The first-order chi connectivity index (χ1) is 10.2. The third-order valence-corrected chi connectivity index (χ3v) is 3.89. The quantitative estimate of drug-likeness (QED) is 0.740. The summed E-state index contributed by atoms with van der Waals surface area (Å²) in [4.78, 5) is 0. The summed E-state index contributed by atoms with van der Waals surface area (Å²) in [6, 6.07) is 14.2. The van der Waals surface area contributed by atoms with E-state index in [-0.39, 0.29) is 12.4 Å². The van der Waals surface area contributed by atoms with Crippen molar-refractivity contribution in [1.29, 1.82) is 0 Å². The Balaban J connectivity index is 2.05. The van der Waals surface area contributed by atoms with Crippen LogP contribution < -0.4 is 0 Å². The summed E-state index contributed by atoms with van der Waals surface area (Å²) in [5.41, 5.74) is 3.60. The predicted molar refractivity (Wildman–Crippen MR) is 84.8 cm³/mol. The highest BCUT2D eigenvalue weighted by molar-refractivity contribution is 9.10. The minimum Gasteiger partial charge on any atom is -0.392 e. The van der Waals surface area contributed by atoms with Crippen LogP contribution in [0.5, 0.6) is 0 Å². The van der Waals surface area contributed by atoms with Gasteiger partial charge in [-0.15, -0.1) is 0 Å². The van der Waals surface area contributed by atoms with Crippen LogP contribution in [0, 0.1) is 5.82 Å². The average Bonchev–Trinajstić information content (AvgIpc) is 2.93. The van der Waals surface area contributed by atoms with E-state index in [2.05, 4.69) is 15.9 Å². The first-order valence-electron chi connectivity index (χ1n) is 6.51. The highest BCUT2D eigenvalue weighted by atomic mass is 79.9. The highest BCUT2D eigenvalue weighted by Gasteiger charge is 2.09. The van der Waals surface area contributed by atoms with E-state index in [0.29, 0.717) is 0 Å². The van der Waals surface area contributed by atoms with Gasteiger partial charge >= 0.3 is 0 Å². The van der Waals surface area contributed by atoms with Crippen molar-refractivity contribution >= 4 is 15.9 Å². The fraction of sp³-hybridized carbons (Fsp3) is 0.0588. The van der Waals surface area contributed by atoms with E-state index in [0.717, 1.165) is 26.9 Å². The summed E-state index contributed by atoms with van der Waals surface area (Å²) in [6.45, 7) is -0.0593. The van der Waals surface area contributed by atoms with Crippen molar-refractivity contribution in [3.8, 4) is 16.8 Å². The molecule has 0 radical (unpaired) electrons. The van der Waals surface area contributed by atoms with E-state index in [1.165, 1.54) is 12.1 Å². The molecule has 0 bridgehead atoms. The number of nitrogens with zero attached hydrogens (tertiary/aromatic N) is 1. The van der Waals surface area contributed by atoms with E-state index in [1.54, 1.807) is 12.1 Å². The zero-order chi connectivity index (χ0) is 14.8. The van der Waals surface area contributed by atoms with Crippen molar-refractivity contribution in [3.63, 3.8) is 0 Å². The Bertz CT molecular complexity index is 747. The van der Waals surface area contributed by atoms with Crippen LogP contribution in [0.2, 0.25) is 0 Å². The SMILES string of the molecule is OCc1cn(-c2ccc(Br)cc2)cc1-c1ccc(F)cc1. The molecule has 4 heteroatoms. The van der Waals surface area contributed by atoms with Crippen LogP contribution in [-0.4, -0.2) is 9.67 Å². The first-order valence-corrected chi connectivity index (χ1v) is 7.30. The molecule has 0 saturated heterocycles. The monoisotopic (exact) mass is 345 g/mol. The topological polar surface area (TPSA) is 25.2 Å². The zero-order valence-corrected chi connectivity index (χ0v) is 12.7. The van der Waals surface area contributed by atoms with Crippen LogP contribution in [0.15, 0.2) is 65.4 Å². The van der Waals surface area contributed by atoms with Crippen molar-refractivity contribution in [2.45, 2.75) is 6.61 Å². The Morgan fingerprint density at radius 3 is 2.24 bits per heavy atom. The predicted octanol–water partition coefficient (Wildman–Crippen LogP) is 4.54. The number of halogens is 2. The number of hydrogen-bond acceptors (Lipinski definition) is 1. The maximum Gasteiger partial charge on any atom is 0.123 e. The van der Waals surface area contributed by atoms with Gasteiger partial charge in [-0.2, -0.15) is 0 Å². The van der Waals surface area contributed by atoms with Crippen molar-refractivity contribution < 1.29 is 9.50 Å². The smallest absolute Gasteiger partial charge is 0.123 e. The molecule has 0 fully saturated rings. The highest BCUT2D eigenvalue weighted by Crippen LogP contribution is 2.27. The molecule has 3 rings (SSSR count). The number of rotatable bonds is 3. The van der Waals surface area contributed by atoms with Gasteiger partial charge in [-0.1, -0.05) is 28.1 Å². The standard InChI is InChI=1S/C17H13BrFNO/c18-14-3-7-16(8-4-14)20-9-13(11-21)17(10-20)12-1-5-15(19)6-2-12/h1-10,21H,11H2. The lowest BCUT2D eigenvalue weighted by Gasteiger charge is -2.02.